The summed E-state index contributed by atoms with van der Waals surface area (Å²) in [5, 5.41) is 4.51. The number of rotatable bonds is 5. The zero-order valence-electron chi connectivity index (χ0n) is 16.7. The number of nitrogens with two attached hydrogens (primary N) is 1. The Morgan fingerprint density at radius 1 is 1.17 bits per heavy atom. The van der Waals surface area contributed by atoms with Crippen molar-refractivity contribution >= 4 is 28.7 Å². The van der Waals surface area contributed by atoms with Crippen molar-refractivity contribution in [3.8, 4) is 10.7 Å². The van der Waals surface area contributed by atoms with Crippen molar-refractivity contribution in [1.29, 1.82) is 0 Å². The van der Waals surface area contributed by atoms with E-state index in [1.165, 1.54) is 4.88 Å². The van der Waals surface area contributed by atoms with Crippen LogP contribution in [0.4, 0.5) is 5.82 Å². The Kier molecular flexibility index (Phi) is 5.07. The summed E-state index contributed by atoms with van der Waals surface area (Å²) in [7, 11) is 0. The van der Waals surface area contributed by atoms with E-state index in [2.05, 4.69) is 10.1 Å². The Morgan fingerprint density at radius 3 is 2.59 bits per heavy atom. The van der Waals surface area contributed by atoms with Gasteiger partial charge in [0.15, 0.2) is 11.5 Å². The normalized spacial score (nSPS) is 11.3. The van der Waals surface area contributed by atoms with Crippen molar-refractivity contribution in [1.82, 2.24) is 19.5 Å². The number of amides is 1. The second kappa shape index (κ2) is 7.67. The summed E-state index contributed by atoms with van der Waals surface area (Å²) in [6.07, 6.45) is 0. The van der Waals surface area contributed by atoms with E-state index in [0.717, 1.165) is 10.4 Å². The molecule has 0 radical (unpaired) electrons. The smallest absolute Gasteiger partial charge is 0.254 e. The maximum Gasteiger partial charge on any atom is 0.254 e. The molecule has 2 N–H and O–H groups in total. The number of pyridine rings is 1. The highest BCUT2D eigenvalue weighted by Gasteiger charge is 2.21. The van der Waals surface area contributed by atoms with Crippen LogP contribution in [0.25, 0.3) is 16.3 Å². The van der Waals surface area contributed by atoms with Crippen molar-refractivity contribution in [3.63, 3.8) is 0 Å². The first-order chi connectivity index (χ1) is 13.9. The Labute approximate surface area is 173 Å². The van der Waals surface area contributed by atoms with Gasteiger partial charge in [-0.1, -0.05) is 30.3 Å². The quantitative estimate of drug-likeness (QED) is 0.534. The number of aromatic nitrogens is 3. The zero-order chi connectivity index (χ0) is 20.5. The van der Waals surface area contributed by atoms with Crippen LogP contribution in [0.2, 0.25) is 0 Å². The minimum absolute atomic E-state index is 0.0441. The van der Waals surface area contributed by atoms with Crippen LogP contribution in [0.15, 0.2) is 54.6 Å². The van der Waals surface area contributed by atoms with Crippen molar-refractivity contribution in [3.05, 3.63) is 70.6 Å². The fourth-order valence-corrected chi connectivity index (χ4v) is 4.02. The molecule has 148 valence electrons. The topological polar surface area (TPSA) is 76.5 Å². The van der Waals surface area contributed by atoms with Gasteiger partial charge in [-0.2, -0.15) is 4.52 Å². The predicted octanol–water partition coefficient (Wildman–Crippen LogP) is 4.40. The predicted molar refractivity (Wildman–Crippen MR) is 117 cm³/mol. The molecule has 1 aromatic carbocycles. The first-order valence-electron chi connectivity index (χ1n) is 9.50. The van der Waals surface area contributed by atoms with Gasteiger partial charge in [0.1, 0.15) is 5.82 Å². The highest BCUT2D eigenvalue weighted by atomic mass is 32.1. The van der Waals surface area contributed by atoms with E-state index in [4.69, 9.17) is 5.73 Å². The maximum atomic E-state index is 13.3. The number of nitrogen functional groups attached to an aromatic ring is 1. The minimum atomic E-state index is -0.0745. The number of carbonyl (C=O) groups excluding carboxylic acids is 1. The molecule has 0 fully saturated rings. The molecule has 3 aromatic heterocycles. The summed E-state index contributed by atoms with van der Waals surface area (Å²) in [5.41, 5.74) is 8.38. The van der Waals surface area contributed by atoms with E-state index in [0.29, 0.717) is 29.4 Å². The van der Waals surface area contributed by atoms with Crippen LogP contribution in [0.3, 0.4) is 0 Å². The summed E-state index contributed by atoms with van der Waals surface area (Å²) >= 11 is 1.63. The van der Waals surface area contributed by atoms with Crippen molar-refractivity contribution in [2.45, 2.75) is 33.4 Å². The first kappa shape index (κ1) is 19.1. The number of benzene rings is 1. The number of hydrogen-bond acceptors (Lipinski definition) is 5. The monoisotopic (exact) mass is 405 g/mol. The van der Waals surface area contributed by atoms with Crippen molar-refractivity contribution < 1.29 is 4.79 Å². The molecule has 0 aliphatic rings. The third-order valence-electron chi connectivity index (χ3n) is 4.75. The summed E-state index contributed by atoms with van der Waals surface area (Å²) in [6, 6.07) is 17.5. The molecule has 7 heteroatoms. The molecule has 1 amide bonds. The molecule has 0 atom stereocenters. The highest BCUT2D eigenvalue weighted by molar-refractivity contribution is 7.15. The van der Waals surface area contributed by atoms with E-state index in [1.54, 1.807) is 28.0 Å². The summed E-state index contributed by atoms with van der Waals surface area (Å²) in [5.74, 6) is 0.931. The van der Waals surface area contributed by atoms with Gasteiger partial charge in [0.25, 0.3) is 5.91 Å². The van der Waals surface area contributed by atoms with Crippen LogP contribution in [0.1, 0.15) is 34.6 Å². The first-order valence-corrected chi connectivity index (χ1v) is 10.3. The largest absolute Gasteiger partial charge is 0.384 e. The van der Waals surface area contributed by atoms with Gasteiger partial charge in [-0.3, -0.25) is 4.79 Å². The molecule has 4 aromatic rings. The average molecular weight is 406 g/mol. The lowest BCUT2D eigenvalue weighted by Gasteiger charge is -2.27. The van der Waals surface area contributed by atoms with Crippen LogP contribution < -0.4 is 5.73 Å². The SMILES string of the molecule is Cc1ccc(-c2nc3cc(C(=O)N(Cc4ccccc4)C(C)C)cc(N)n3n2)s1. The average Bonchev–Trinajstić information content (AvgIpc) is 3.32. The number of hydrogen-bond donors (Lipinski definition) is 1. The molecule has 0 saturated carbocycles. The number of aryl methyl sites for hydroxylation is 1. The van der Waals surface area contributed by atoms with Gasteiger partial charge in [0.2, 0.25) is 0 Å². The van der Waals surface area contributed by atoms with Gasteiger partial charge < -0.3 is 10.6 Å². The lowest BCUT2D eigenvalue weighted by atomic mass is 10.1. The van der Waals surface area contributed by atoms with Crippen LogP contribution in [-0.2, 0) is 6.54 Å². The Hall–Kier alpha value is -3.19. The molecule has 3 heterocycles. The van der Waals surface area contributed by atoms with E-state index in [1.807, 2.05) is 68.1 Å². The molecule has 0 aliphatic heterocycles. The van der Waals surface area contributed by atoms with Gasteiger partial charge in [-0.05, 0) is 50.6 Å². The van der Waals surface area contributed by atoms with Crippen LogP contribution in [0.5, 0.6) is 0 Å². The third-order valence-corrected chi connectivity index (χ3v) is 5.75. The maximum absolute atomic E-state index is 13.3. The van der Waals surface area contributed by atoms with E-state index in [9.17, 15) is 4.79 Å². The van der Waals surface area contributed by atoms with E-state index < -0.39 is 0 Å². The van der Waals surface area contributed by atoms with E-state index in [-0.39, 0.29) is 11.9 Å². The zero-order valence-corrected chi connectivity index (χ0v) is 17.5. The molecule has 6 nitrogen and oxygen atoms in total. The van der Waals surface area contributed by atoms with Crippen molar-refractivity contribution in [2.24, 2.45) is 0 Å². The standard InChI is InChI=1S/C22H23N5OS/c1-14(2)26(13-16-7-5-4-6-8-16)22(28)17-11-19(23)27-20(12-17)24-21(25-27)18-10-9-15(3)29-18/h4-12,14H,13,23H2,1-3H3. The van der Waals surface area contributed by atoms with Gasteiger partial charge in [-0.25, -0.2) is 4.98 Å². The molecule has 0 spiro atoms. The van der Waals surface area contributed by atoms with Gasteiger partial charge in [-0.15, -0.1) is 16.4 Å². The number of nitrogens with zero attached hydrogens (tertiary/aromatic N) is 4. The molecule has 29 heavy (non-hydrogen) atoms. The second-order valence-electron chi connectivity index (χ2n) is 7.30. The van der Waals surface area contributed by atoms with Crippen molar-refractivity contribution in [2.75, 3.05) is 5.73 Å². The molecule has 0 unspecified atom stereocenters. The van der Waals surface area contributed by atoms with Crippen LogP contribution in [0, 0.1) is 6.92 Å². The molecule has 4 rings (SSSR count). The lowest BCUT2D eigenvalue weighted by Crippen LogP contribution is -2.36. The fraction of sp³-hybridized carbons (Fsp3) is 0.227. The van der Waals surface area contributed by atoms with Crippen LogP contribution in [-0.4, -0.2) is 31.4 Å². The number of carbonyl (C=O) groups is 1. The Bertz CT molecular complexity index is 1160. The molecule has 0 bridgehead atoms. The van der Waals surface area contributed by atoms with Gasteiger partial charge in [0, 0.05) is 23.0 Å². The number of fused-ring (bicyclic) bond motifs is 1. The fourth-order valence-electron chi connectivity index (χ4n) is 3.23. The lowest BCUT2D eigenvalue weighted by molar-refractivity contribution is 0.0690. The second-order valence-corrected chi connectivity index (χ2v) is 8.58. The third kappa shape index (κ3) is 3.86. The summed E-state index contributed by atoms with van der Waals surface area (Å²) < 4.78 is 1.58. The Balaban J connectivity index is 1.69. The Morgan fingerprint density at radius 2 is 1.93 bits per heavy atom. The highest BCUT2D eigenvalue weighted by Crippen LogP contribution is 2.26. The molecule has 0 aliphatic carbocycles. The molecular formula is C22H23N5OS. The van der Waals surface area contributed by atoms with Gasteiger partial charge in [0.05, 0.1) is 4.88 Å². The van der Waals surface area contributed by atoms with Crippen LogP contribution >= 0.6 is 11.3 Å². The summed E-state index contributed by atoms with van der Waals surface area (Å²) in [4.78, 5) is 21.9. The number of anilines is 1. The number of thiophene rings is 1. The minimum Gasteiger partial charge on any atom is -0.384 e. The molecular weight excluding hydrogens is 382 g/mol. The van der Waals surface area contributed by atoms with E-state index >= 15 is 0 Å². The molecule has 0 saturated heterocycles. The van der Waals surface area contributed by atoms with Gasteiger partial charge >= 0.3 is 0 Å². The summed E-state index contributed by atoms with van der Waals surface area (Å²) in [6.45, 7) is 6.60.